The summed E-state index contributed by atoms with van der Waals surface area (Å²) in [7, 11) is 0. The van der Waals surface area contributed by atoms with Gasteiger partial charge in [-0.3, -0.25) is 14.5 Å². The smallest absolute Gasteiger partial charge is 0.293 e. The van der Waals surface area contributed by atoms with Crippen molar-refractivity contribution in [1.29, 1.82) is 0 Å². The molecule has 0 saturated carbocycles. The quantitative estimate of drug-likeness (QED) is 0.170. The van der Waals surface area contributed by atoms with Gasteiger partial charge in [0.05, 0.1) is 18.1 Å². The highest BCUT2D eigenvalue weighted by atomic mass is 79.9. The second-order valence-electron chi connectivity index (χ2n) is 8.35. The molecule has 0 spiro atoms. The molecule has 196 valence electrons. The Labute approximate surface area is 238 Å². The van der Waals surface area contributed by atoms with Crippen LogP contribution in [0.25, 0.3) is 6.08 Å². The van der Waals surface area contributed by atoms with Crippen LogP contribution in [0.15, 0.2) is 76.6 Å². The standard InChI is InChI=1S/C29H24BrClFNO4S/c1-3-5-20-12-19(13-25(36-4-2)27(20)37-17-18-6-9-22(30)10-7-18)14-26-28(34)33(29(35)38-26)16-21-8-11-23(32)15-24(21)31/h3,6-15H,1,4-5,16-17H2,2H3/b26-14-. The van der Waals surface area contributed by atoms with Crippen molar-refractivity contribution in [3.63, 3.8) is 0 Å². The molecule has 1 aliphatic rings. The maximum absolute atomic E-state index is 13.4. The second kappa shape index (κ2) is 12.7. The van der Waals surface area contributed by atoms with E-state index in [9.17, 15) is 14.0 Å². The Morgan fingerprint density at radius 3 is 2.53 bits per heavy atom. The van der Waals surface area contributed by atoms with Gasteiger partial charge in [0.15, 0.2) is 11.5 Å². The molecule has 0 radical (unpaired) electrons. The first-order valence-corrected chi connectivity index (χ1v) is 13.7. The van der Waals surface area contributed by atoms with Crippen molar-refractivity contribution in [3.8, 4) is 11.5 Å². The van der Waals surface area contributed by atoms with Gasteiger partial charge in [-0.15, -0.1) is 6.58 Å². The Balaban J connectivity index is 1.61. The molecule has 1 aliphatic heterocycles. The van der Waals surface area contributed by atoms with Gasteiger partial charge in [0.25, 0.3) is 11.1 Å². The average molecular weight is 617 g/mol. The highest BCUT2D eigenvalue weighted by Gasteiger charge is 2.35. The predicted molar refractivity (Wildman–Crippen MR) is 153 cm³/mol. The van der Waals surface area contributed by atoms with Crippen LogP contribution in [0.3, 0.4) is 0 Å². The minimum Gasteiger partial charge on any atom is -0.490 e. The number of amides is 2. The van der Waals surface area contributed by atoms with E-state index in [1.165, 1.54) is 12.1 Å². The van der Waals surface area contributed by atoms with E-state index in [2.05, 4.69) is 22.5 Å². The summed E-state index contributed by atoms with van der Waals surface area (Å²) in [4.78, 5) is 27.1. The predicted octanol–water partition coefficient (Wildman–Crippen LogP) is 8.18. The third-order valence-electron chi connectivity index (χ3n) is 5.63. The molecular weight excluding hydrogens is 593 g/mol. The molecule has 1 heterocycles. The first kappa shape index (κ1) is 28.0. The Morgan fingerprint density at radius 1 is 1.08 bits per heavy atom. The van der Waals surface area contributed by atoms with Gasteiger partial charge in [0.1, 0.15) is 12.4 Å². The molecule has 9 heteroatoms. The van der Waals surface area contributed by atoms with Gasteiger partial charge >= 0.3 is 0 Å². The SMILES string of the molecule is C=CCc1cc(/C=C2\SC(=O)N(Cc3ccc(F)cc3Cl)C2=O)cc(OCC)c1OCc1ccc(Br)cc1. The number of rotatable bonds is 10. The fourth-order valence-electron chi connectivity index (χ4n) is 3.84. The number of nitrogens with zero attached hydrogens (tertiary/aromatic N) is 1. The van der Waals surface area contributed by atoms with Crippen LogP contribution in [0, 0.1) is 5.82 Å². The molecule has 0 bridgehead atoms. The first-order valence-electron chi connectivity index (χ1n) is 11.8. The van der Waals surface area contributed by atoms with Crippen LogP contribution in [0.2, 0.25) is 5.02 Å². The van der Waals surface area contributed by atoms with E-state index in [-0.39, 0.29) is 16.5 Å². The Morgan fingerprint density at radius 2 is 1.84 bits per heavy atom. The van der Waals surface area contributed by atoms with Crippen molar-refractivity contribution in [3.05, 3.63) is 110 Å². The molecular formula is C29H24BrClFNO4S. The molecule has 4 rings (SSSR count). The van der Waals surface area contributed by atoms with Crippen molar-refractivity contribution >= 4 is 56.5 Å². The number of hydrogen-bond donors (Lipinski definition) is 0. The summed E-state index contributed by atoms with van der Waals surface area (Å²) in [6.45, 7) is 6.46. The largest absolute Gasteiger partial charge is 0.490 e. The molecule has 0 unspecified atom stereocenters. The molecule has 0 aliphatic carbocycles. The maximum atomic E-state index is 13.4. The van der Waals surface area contributed by atoms with Crippen molar-refractivity contribution in [2.45, 2.75) is 26.5 Å². The molecule has 1 saturated heterocycles. The Hall–Kier alpha value is -3.07. The van der Waals surface area contributed by atoms with Crippen LogP contribution >= 0.6 is 39.3 Å². The van der Waals surface area contributed by atoms with Crippen molar-refractivity contribution in [2.24, 2.45) is 0 Å². The molecule has 5 nitrogen and oxygen atoms in total. The zero-order chi connectivity index (χ0) is 27.2. The van der Waals surface area contributed by atoms with E-state index in [1.807, 2.05) is 37.3 Å². The van der Waals surface area contributed by atoms with E-state index in [4.69, 9.17) is 21.1 Å². The highest BCUT2D eigenvalue weighted by Crippen LogP contribution is 2.38. The molecule has 3 aromatic rings. The lowest BCUT2D eigenvalue weighted by atomic mass is 10.0. The number of hydrogen-bond acceptors (Lipinski definition) is 5. The van der Waals surface area contributed by atoms with E-state index in [1.54, 1.807) is 18.2 Å². The van der Waals surface area contributed by atoms with Crippen molar-refractivity contribution in [1.82, 2.24) is 4.90 Å². The lowest BCUT2D eigenvalue weighted by Crippen LogP contribution is -2.27. The normalized spacial score (nSPS) is 14.3. The second-order valence-corrected chi connectivity index (χ2v) is 10.7. The number of halogens is 3. The summed E-state index contributed by atoms with van der Waals surface area (Å²) in [6, 6.07) is 15.4. The third-order valence-corrected chi connectivity index (χ3v) is 7.42. The zero-order valence-electron chi connectivity index (χ0n) is 20.5. The van der Waals surface area contributed by atoms with Gasteiger partial charge in [-0.05, 0) is 84.3 Å². The van der Waals surface area contributed by atoms with Crippen LogP contribution in [-0.4, -0.2) is 22.7 Å². The first-order chi connectivity index (χ1) is 18.3. The minimum atomic E-state index is -0.488. The number of ether oxygens (including phenoxy) is 2. The van der Waals surface area contributed by atoms with Gasteiger partial charge in [-0.1, -0.05) is 51.8 Å². The number of benzene rings is 3. The lowest BCUT2D eigenvalue weighted by Gasteiger charge is -2.17. The monoisotopic (exact) mass is 615 g/mol. The summed E-state index contributed by atoms with van der Waals surface area (Å²) in [5, 5.41) is -0.269. The van der Waals surface area contributed by atoms with Crippen molar-refractivity contribution in [2.75, 3.05) is 6.61 Å². The Kier molecular flexibility index (Phi) is 9.31. The van der Waals surface area contributed by atoms with Crippen LogP contribution in [0.5, 0.6) is 11.5 Å². The molecule has 3 aromatic carbocycles. The summed E-state index contributed by atoms with van der Waals surface area (Å²) >= 11 is 10.4. The zero-order valence-corrected chi connectivity index (χ0v) is 23.7. The van der Waals surface area contributed by atoms with Gasteiger partial charge in [0, 0.05) is 15.1 Å². The van der Waals surface area contributed by atoms with E-state index in [0.717, 1.165) is 38.3 Å². The van der Waals surface area contributed by atoms with Crippen LogP contribution in [-0.2, 0) is 24.4 Å². The molecule has 0 aromatic heterocycles. The van der Waals surface area contributed by atoms with E-state index in [0.29, 0.717) is 42.3 Å². The number of thioether (sulfide) groups is 1. The van der Waals surface area contributed by atoms with E-state index < -0.39 is 17.0 Å². The fraction of sp³-hybridized carbons (Fsp3) is 0.172. The maximum Gasteiger partial charge on any atom is 0.293 e. The third kappa shape index (κ3) is 6.67. The molecule has 1 fully saturated rings. The number of allylic oxidation sites excluding steroid dienone is 1. The molecule has 0 atom stereocenters. The fourth-order valence-corrected chi connectivity index (χ4v) is 5.17. The summed E-state index contributed by atoms with van der Waals surface area (Å²) in [5.74, 6) is 0.204. The van der Waals surface area contributed by atoms with Gasteiger partial charge in [-0.2, -0.15) is 0 Å². The number of carbonyl (C=O) groups is 2. The lowest BCUT2D eigenvalue weighted by molar-refractivity contribution is -0.123. The summed E-state index contributed by atoms with van der Waals surface area (Å²) in [6.07, 6.45) is 3.94. The van der Waals surface area contributed by atoms with Crippen LogP contribution in [0.1, 0.15) is 29.2 Å². The Bertz CT molecular complexity index is 1410. The molecule has 2 amide bonds. The van der Waals surface area contributed by atoms with Gasteiger partial charge < -0.3 is 9.47 Å². The van der Waals surface area contributed by atoms with Crippen LogP contribution in [0.4, 0.5) is 9.18 Å². The summed E-state index contributed by atoms with van der Waals surface area (Å²) in [5.41, 5.74) is 3.01. The van der Waals surface area contributed by atoms with E-state index >= 15 is 0 Å². The molecule has 38 heavy (non-hydrogen) atoms. The van der Waals surface area contributed by atoms with Crippen molar-refractivity contribution < 1.29 is 23.5 Å². The molecule has 0 N–H and O–H groups in total. The summed E-state index contributed by atoms with van der Waals surface area (Å²) < 4.78 is 26.5. The number of carbonyl (C=O) groups excluding carboxylic acids is 2. The minimum absolute atomic E-state index is 0.0458. The van der Waals surface area contributed by atoms with Gasteiger partial charge in [0.2, 0.25) is 0 Å². The van der Waals surface area contributed by atoms with Crippen LogP contribution < -0.4 is 9.47 Å². The topological polar surface area (TPSA) is 55.8 Å². The highest BCUT2D eigenvalue weighted by molar-refractivity contribution is 9.10. The number of imide groups is 1. The van der Waals surface area contributed by atoms with Gasteiger partial charge in [-0.25, -0.2) is 4.39 Å². The average Bonchev–Trinajstić information content (AvgIpc) is 3.13.